The van der Waals surface area contributed by atoms with Gasteiger partial charge in [-0.05, 0) is 61.7 Å². The van der Waals surface area contributed by atoms with Crippen LogP contribution in [-0.2, 0) is 13.0 Å². The second-order valence-corrected chi connectivity index (χ2v) is 9.17. The van der Waals surface area contributed by atoms with Gasteiger partial charge in [0.2, 0.25) is 5.88 Å². The van der Waals surface area contributed by atoms with E-state index in [2.05, 4.69) is 15.0 Å². The van der Waals surface area contributed by atoms with Gasteiger partial charge in [-0.2, -0.15) is 0 Å². The van der Waals surface area contributed by atoms with Crippen LogP contribution in [-0.4, -0.2) is 31.9 Å². The summed E-state index contributed by atoms with van der Waals surface area (Å²) in [6, 6.07) is 21.3. The fourth-order valence-electron chi connectivity index (χ4n) is 4.64. The van der Waals surface area contributed by atoms with Gasteiger partial charge in [-0.3, -0.25) is 14.8 Å². The summed E-state index contributed by atoms with van der Waals surface area (Å²) < 4.78 is 21.1. The van der Waals surface area contributed by atoms with E-state index in [1.165, 1.54) is 18.2 Å². The molecule has 3 aromatic carbocycles. The van der Waals surface area contributed by atoms with E-state index in [4.69, 9.17) is 4.74 Å². The van der Waals surface area contributed by atoms with Crippen molar-refractivity contribution in [3.63, 3.8) is 0 Å². The van der Waals surface area contributed by atoms with E-state index in [0.29, 0.717) is 19.6 Å². The highest BCUT2D eigenvalue weighted by Gasteiger charge is 2.19. The highest BCUT2D eigenvalue weighted by Crippen LogP contribution is 2.27. The molecule has 0 saturated carbocycles. The molecule has 0 fully saturated rings. The van der Waals surface area contributed by atoms with Crippen LogP contribution in [0.25, 0.3) is 16.6 Å². The molecule has 2 aromatic heterocycles. The molecule has 2 heterocycles. The number of hydrogen-bond acceptors (Lipinski definition) is 5. The summed E-state index contributed by atoms with van der Waals surface area (Å²) in [5.41, 5.74) is 2.22. The number of nitrogens with one attached hydrogen (secondary N) is 2. The number of para-hydroxylation sites is 1. The summed E-state index contributed by atoms with van der Waals surface area (Å²) in [6.07, 6.45) is 0.553. The predicted octanol–water partition coefficient (Wildman–Crippen LogP) is 4.79. The third-order valence-corrected chi connectivity index (χ3v) is 6.59. The molecule has 0 aliphatic rings. The Morgan fingerprint density at radius 1 is 1.03 bits per heavy atom. The average Bonchev–Trinajstić information content (AvgIpc) is 3.23. The van der Waals surface area contributed by atoms with Crippen molar-refractivity contribution in [3.05, 3.63) is 122 Å². The third-order valence-electron chi connectivity index (χ3n) is 6.59. The van der Waals surface area contributed by atoms with E-state index in [1.54, 1.807) is 6.92 Å². The number of aliphatic imine (C=N–C) groups is 1. The van der Waals surface area contributed by atoms with Crippen LogP contribution in [0.2, 0.25) is 0 Å². The van der Waals surface area contributed by atoms with E-state index >= 15 is 0 Å². The van der Waals surface area contributed by atoms with Gasteiger partial charge in [0, 0.05) is 28.9 Å². The van der Waals surface area contributed by atoms with Gasteiger partial charge in [-0.25, -0.2) is 13.8 Å². The first-order valence-electron chi connectivity index (χ1n) is 12.5. The monoisotopic (exact) mass is 526 g/mol. The number of ether oxygens (including phenoxy) is 1. The van der Waals surface area contributed by atoms with Crippen molar-refractivity contribution in [1.29, 1.82) is 0 Å². The molecule has 0 saturated heterocycles. The Bertz CT molecular complexity index is 1800. The fourth-order valence-corrected chi connectivity index (χ4v) is 4.64. The minimum atomic E-state index is -0.946. The van der Waals surface area contributed by atoms with Crippen LogP contribution in [0.3, 0.4) is 0 Å². The molecule has 198 valence electrons. The Morgan fingerprint density at radius 2 is 1.77 bits per heavy atom. The zero-order valence-corrected chi connectivity index (χ0v) is 21.5. The van der Waals surface area contributed by atoms with Gasteiger partial charge in [0.25, 0.3) is 5.56 Å². The first-order chi connectivity index (χ1) is 18.8. The van der Waals surface area contributed by atoms with Crippen molar-refractivity contribution in [3.8, 4) is 17.3 Å². The van der Waals surface area contributed by atoms with E-state index in [-0.39, 0.29) is 17.0 Å². The second kappa shape index (κ2) is 10.8. The molecule has 0 atom stereocenters. The van der Waals surface area contributed by atoms with E-state index in [9.17, 15) is 19.1 Å². The zero-order chi connectivity index (χ0) is 27.5. The average molecular weight is 527 g/mol. The van der Waals surface area contributed by atoms with Crippen molar-refractivity contribution in [2.45, 2.75) is 26.9 Å². The minimum absolute atomic E-state index is 0.176. The first kappa shape index (κ1) is 25.7. The standard InChI is InChI=1S/C30H27FN4O4/c1-18-22(23-16-21(12-13-25(23)33-18)39-17-20-8-4-3-5-9-20)14-15-32-19(2)27-28(36)34-30(38)35(29(27)37)26-11-7-6-10-24(26)31/h3-13,16,33,37H,14-15,17H2,1-2H3,(H,34,36,38). The van der Waals surface area contributed by atoms with E-state index in [1.807, 2.05) is 55.5 Å². The van der Waals surface area contributed by atoms with Crippen LogP contribution in [0.4, 0.5) is 4.39 Å². The van der Waals surface area contributed by atoms with Crippen LogP contribution >= 0.6 is 0 Å². The lowest BCUT2D eigenvalue weighted by molar-refractivity contribution is 0.306. The fraction of sp³-hybridized carbons (Fsp3) is 0.167. The number of benzene rings is 3. The number of aromatic nitrogens is 3. The summed E-state index contributed by atoms with van der Waals surface area (Å²) in [6.45, 7) is 4.32. The molecule has 8 nitrogen and oxygen atoms in total. The Labute approximate surface area is 223 Å². The Balaban J connectivity index is 1.39. The molecule has 9 heteroatoms. The minimum Gasteiger partial charge on any atom is -0.493 e. The topological polar surface area (TPSA) is 112 Å². The van der Waals surface area contributed by atoms with Gasteiger partial charge in [0.05, 0.1) is 5.69 Å². The summed E-state index contributed by atoms with van der Waals surface area (Å²) in [5.74, 6) is -0.638. The lowest BCUT2D eigenvalue weighted by atomic mass is 10.1. The van der Waals surface area contributed by atoms with Crippen molar-refractivity contribution in [1.82, 2.24) is 14.5 Å². The van der Waals surface area contributed by atoms with Gasteiger partial charge < -0.3 is 14.8 Å². The maximum atomic E-state index is 14.4. The number of nitrogens with zero attached hydrogens (tertiary/aromatic N) is 2. The Morgan fingerprint density at radius 3 is 2.54 bits per heavy atom. The predicted molar refractivity (Wildman–Crippen MR) is 149 cm³/mol. The molecule has 0 amide bonds. The van der Waals surface area contributed by atoms with Crippen molar-refractivity contribution >= 4 is 16.6 Å². The molecule has 0 bridgehead atoms. The lowest BCUT2D eigenvalue weighted by Crippen LogP contribution is -2.33. The number of halogens is 1. The molecule has 0 radical (unpaired) electrons. The summed E-state index contributed by atoms with van der Waals surface area (Å²) >= 11 is 0. The van der Waals surface area contributed by atoms with Gasteiger partial charge >= 0.3 is 5.69 Å². The van der Waals surface area contributed by atoms with Crippen LogP contribution in [0.5, 0.6) is 11.6 Å². The molecule has 0 unspecified atom stereocenters. The number of H-pyrrole nitrogens is 2. The molecule has 39 heavy (non-hydrogen) atoms. The number of aromatic amines is 2. The van der Waals surface area contributed by atoms with Gasteiger partial charge in [-0.1, -0.05) is 42.5 Å². The Kier molecular flexibility index (Phi) is 7.14. The highest BCUT2D eigenvalue weighted by atomic mass is 19.1. The van der Waals surface area contributed by atoms with Crippen molar-refractivity contribution in [2.24, 2.45) is 4.99 Å². The third kappa shape index (κ3) is 5.24. The smallest absolute Gasteiger partial charge is 0.335 e. The number of aromatic hydroxyl groups is 1. The molecule has 5 aromatic rings. The van der Waals surface area contributed by atoms with Gasteiger partial charge in [0.15, 0.2) is 0 Å². The van der Waals surface area contributed by atoms with Crippen LogP contribution < -0.4 is 16.0 Å². The first-order valence-corrected chi connectivity index (χ1v) is 12.5. The van der Waals surface area contributed by atoms with E-state index < -0.39 is 22.9 Å². The molecule has 0 spiro atoms. The molecular formula is C30H27FN4O4. The van der Waals surface area contributed by atoms with Crippen LogP contribution in [0.1, 0.15) is 29.3 Å². The van der Waals surface area contributed by atoms with Crippen molar-refractivity contribution < 1.29 is 14.2 Å². The van der Waals surface area contributed by atoms with Gasteiger partial charge in [0.1, 0.15) is 23.7 Å². The summed E-state index contributed by atoms with van der Waals surface area (Å²) in [7, 11) is 0. The SMILES string of the molecule is CC(=NCCc1c(C)[nH]c2ccc(OCc3ccccc3)cc12)c1c(O)n(-c2ccccc2F)c(=O)[nH]c1=O. The molecule has 5 rings (SSSR count). The van der Waals surface area contributed by atoms with Crippen molar-refractivity contribution in [2.75, 3.05) is 6.54 Å². The van der Waals surface area contributed by atoms with Gasteiger partial charge in [-0.15, -0.1) is 0 Å². The zero-order valence-electron chi connectivity index (χ0n) is 21.5. The maximum Gasteiger partial charge on any atom is 0.335 e. The summed E-state index contributed by atoms with van der Waals surface area (Å²) in [4.78, 5) is 35.0. The Hall–Kier alpha value is -4.92. The molecular weight excluding hydrogens is 499 g/mol. The number of hydrogen-bond donors (Lipinski definition) is 3. The van der Waals surface area contributed by atoms with E-state index in [0.717, 1.165) is 44.1 Å². The molecule has 3 N–H and O–H groups in total. The highest BCUT2D eigenvalue weighted by molar-refractivity contribution is 6.00. The normalized spacial score (nSPS) is 11.7. The second-order valence-electron chi connectivity index (χ2n) is 9.17. The number of fused-ring (bicyclic) bond motifs is 1. The quantitative estimate of drug-likeness (QED) is 0.252. The molecule has 0 aliphatic carbocycles. The number of rotatable bonds is 8. The lowest BCUT2D eigenvalue weighted by Gasteiger charge is -2.12. The van der Waals surface area contributed by atoms with Crippen LogP contribution in [0, 0.1) is 12.7 Å². The van der Waals surface area contributed by atoms with Crippen LogP contribution in [0.15, 0.2) is 87.4 Å². The maximum absolute atomic E-state index is 14.4. The largest absolute Gasteiger partial charge is 0.493 e. The molecule has 0 aliphatic heterocycles. The summed E-state index contributed by atoms with van der Waals surface area (Å²) in [5, 5.41) is 11.8. The number of aryl methyl sites for hydroxylation is 1.